The molecule has 2 aliphatic carbocycles. The summed E-state index contributed by atoms with van der Waals surface area (Å²) in [6.45, 7) is 5.23. The van der Waals surface area contributed by atoms with Gasteiger partial charge in [0.25, 0.3) is 0 Å². The molecule has 3 nitrogen and oxygen atoms in total. The van der Waals surface area contributed by atoms with Crippen molar-refractivity contribution in [2.24, 2.45) is 17.8 Å². The molecule has 2 saturated carbocycles. The average Bonchev–Trinajstić information content (AvgIpc) is 3.23. The van der Waals surface area contributed by atoms with Crippen LogP contribution in [0, 0.1) is 17.8 Å². The highest BCUT2D eigenvalue weighted by Gasteiger charge is 2.45. The lowest BCUT2D eigenvalue weighted by molar-refractivity contribution is -0.130. The van der Waals surface area contributed by atoms with Gasteiger partial charge in [-0.1, -0.05) is 13.3 Å². The number of carbonyl (C=O) groups is 1. The van der Waals surface area contributed by atoms with Crippen LogP contribution in [0.4, 0.5) is 0 Å². The monoisotopic (exact) mass is 250 g/mol. The van der Waals surface area contributed by atoms with Crippen molar-refractivity contribution in [3.63, 3.8) is 0 Å². The Morgan fingerprint density at radius 3 is 2.39 bits per heavy atom. The minimum absolute atomic E-state index is 0.0283. The van der Waals surface area contributed by atoms with Gasteiger partial charge in [0.1, 0.15) is 0 Å². The maximum atomic E-state index is 12.3. The lowest BCUT2D eigenvalue weighted by Gasteiger charge is -2.29. The third-order valence-corrected chi connectivity index (χ3v) is 4.90. The van der Waals surface area contributed by atoms with Gasteiger partial charge in [-0.2, -0.15) is 0 Å². The van der Waals surface area contributed by atoms with Crippen molar-refractivity contribution in [1.82, 2.24) is 10.2 Å². The van der Waals surface area contributed by atoms with Crippen molar-refractivity contribution in [3.05, 3.63) is 0 Å². The molecule has 102 valence electrons. The quantitative estimate of drug-likeness (QED) is 0.785. The third-order valence-electron chi connectivity index (χ3n) is 4.90. The molecular formula is C15H26N2O. The van der Waals surface area contributed by atoms with Crippen molar-refractivity contribution in [2.75, 3.05) is 6.54 Å². The van der Waals surface area contributed by atoms with E-state index in [1.165, 1.54) is 25.7 Å². The van der Waals surface area contributed by atoms with E-state index in [1.807, 2.05) is 6.92 Å². The average molecular weight is 250 g/mol. The van der Waals surface area contributed by atoms with Crippen molar-refractivity contribution < 1.29 is 4.79 Å². The molecule has 0 aromatic heterocycles. The molecule has 2 atom stereocenters. The second-order valence-corrected chi connectivity index (χ2v) is 6.52. The fourth-order valence-electron chi connectivity index (χ4n) is 3.54. The first kappa shape index (κ1) is 12.5. The van der Waals surface area contributed by atoms with Gasteiger partial charge in [0.15, 0.2) is 0 Å². The molecule has 3 fully saturated rings. The van der Waals surface area contributed by atoms with Gasteiger partial charge in [-0.3, -0.25) is 10.1 Å². The molecule has 2 unspecified atom stereocenters. The summed E-state index contributed by atoms with van der Waals surface area (Å²) in [5.74, 6) is 3.01. The van der Waals surface area contributed by atoms with Crippen LogP contribution >= 0.6 is 0 Å². The molecule has 0 radical (unpaired) electrons. The standard InChI is InChI=1S/C15H26N2O/c1-3-4-14-16-10(2)15(18)17(14)9-13(11-5-6-11)12-7-8-12/h10-14,16H,3-9H2,1-2H3. The Bertz CT molecular complexity index is 310. The van der Waals surface area contributed by atoms with Gasteiger partial charge in [-0.05, 0) is 56.8 Å². The van der Waals surface area contributed by atoms with Crippen molar-refractivity contribution in [1.29, 1.82) is 0 Å². The number of amides is 1. The van der Waals surface area contributed by atoms with Crippen molar-refractivity contribution in [2.45, 2.75) is 64.6 Å². The maximum Gasteiger partial charge on any atom is 0.240 e. The molecule has 3 aliphatic rings. The smallest absolute Gasteiger partial charge is 0.240 e. The van der Waals surface area contributed by atoms with Gasteiger partial charge < -0.3 is 4.90 Å². The Morgan fingerprint density at radius 2 is 1.89 bits per heavy atom. The van der Waals surface area contributed by atoms with Crippen LogP contribution in [0.15, 0.2) is 0 Å². The Morgan fingerprint density at radius 1 is 1.28 bits per heavy atom. The Balaban J connectivity index is 1.66. The summed E-state index contributed by atoms with van der Waals surface area (Å²) in [4.78, 5) is 14.4. The van der Waals surface area contributed by atoms with Gasteiger partial charge in [0.05, 0.1) is 12.2 Å². The predicted molar refractivity (Wildman–Crippen MR) is 71.9 cm³/mol. The second-order valence-electron chi connectivity index (χ2n) is 6.52. The summed E-state index contributed by atoms with van der Waals surface area (Å²) < 4.78 is 0. The van der Waals surface area contributed by atoms with Crippen LogP contribution in [0.5, 0.6) is 0 Å². The molecule has 3 rings (SSSR count). The molecule has 0 aromatic carbocycles. The SMILES string of the molecule is CCCC1NC(C)C(=O)N1CC(C1CC1)C1CC1. The molecule has 1 saturated heterocycles. The molecule has 0 aromatic rings. The normalized spacial score (nSPS) is 32.6. The van der Waals surface area contributed by atoms with Gasteiger partial charge in [0, 0.05) is 6.54 Å². The highest BCUT2D eigenvalue weighted by Crippen LogP contribution is 2.49. The molecule has 0 bridgehead atoms. The number of rotatable bonds is 6. The lowest BCUT2D eigenvalue weighted by Crippen LogP contribution is -2.41. The first-order valence-electron chi connectivity index (χ1n) is 7.77. The Labute approximate surface area is 110 Å². The van der Waals surface area contributed by atoms with E-state index in [2.05, 4.69) is 17.1 Å². The summed E-state index contributed by atoms with van der Waals surface area (Å²) in [7, 11) is 0. The van der Waals surface area contributed by atoms with E-state index in [4.69, 9.17) is 0 Å². The minimum atomic E-state index is 0.0283. The molecule has 18 heavy (non-hydrogen) atoms. The highest BCUT2D eigenvalue weighted by molar-refractivity contribution is 5.83. The van der Waals surface area contributed by atoms with Crippen LogP contribution in [-0.2, 0) is 4.79 Å². The third kappa shape index (κ3) is 2.42. The second kappa shape index (κ2) is 4.84. The molecule has 3 heteroatoms. The maximum absolute atomic E-state index is 12.3. The Kier molecular flexibility index (Phi) is 3.35. The molecular weight excluding hydrogens is 224 g/mol. The van der Waals surface area contributed by atoms with Crippen molar-refractivity contribution in [3.8, 4) is 0 Å². The van der Waals surface area contributed by atoms with Crippen LogP contribution in [0.1, 0.15) is 52.4 Å². The van der Waals surface area contributed by atoms with Crippen LogP contribution < -0.4 is 5.32 Å². The molecule has 1 amide bonds. The van der Waals surface area contributed by atoms with Gasteiger partial charge in [-0.15, -0.1) is 0 Å². The number of nitrogens with zero attached hydrogens (tertiary/aromatic N) is 1. The van der Waals surface area contributed by atoms with E-state index < -0.39 is 0 Å². The fourth-order valence-corrected chi connectivity index (χ4v) is 3.54. The van der Waals surface area contributed by atoms with Gasteiger partial charge in [0.2, 0.25) is 5.91 Å². The first-order valence-corrected chi connectivity index (χ1v) is 7.77. The van der Waals surface area contributed by atoms with E-state index >= 15 is 0 Å². The minimum Gasteiger partial charge on any atom is -0.326 e. The van der Waals surface area contributed by atoms with Crippen LogP contribution in [-0.4, -0.2) is 29.6 Å². The first-order chi connectivity index (χ1) is 8.70. The summed E-state index contributed by atoms with van der Waals surface area (Å²) in [6.07, 6.45) is 8.17. The Hall–Kier alpha value is -0.570. The zero-order valence-corrected chi connectivity index (χ0v) is 11.7. The van der Waals surface area contributed by atoms with E-state index in [-0.39, 0.29) is 6.04 Å². The largest absolute Gasteiger partial charge is 0.326 e. The highest BCUT2D eigenvalue weighted by atomic mass is 16.2. The van der Waals surface area contributed by atoms with E-state index in [9.17, 15) is 4.79 Å². The van der Waals surface area contributed by atoms with E-state index in [0.717, 1.165) is 37.1 Å². The van der Waals surface area contributed by atoms with Crippen molar-refractivity contribution >= 4 is 5.91 Å². The predicted octanol–water partition coefficient (Wildman–Crippen LogP) is 2.37. The van der Waals surface area contributed by atoms with E-state index in [0.29, 0.717) is 12.1 Å². The topological polar surface area (TPSA) is 32.3 Å². The molecule has 1 heterocycles. The van der Waals surface area contributed by atoms with Gasteiger partial charge in [-0.25, -0.2) is 0 Å². The number of hydrogen-bond donors (Lipinski definition) is 1. The summed E-state index contributed by atoms with van der Waals surface area (Å²) in [5.41, 5.74) is 0. The zero-order chi connectivity index (χ0) is 12.7. The molecule has 1 N–H and O–H groups in total. The lowest BCUT2D eigenvalue weighted by atomic mass is 9.97. The van der Waals surface area contributed by atoms with E-state index in [1.54, 1.807) is 0 Å². The number of hydrogen-bond acceptors (Lipinski definition) is 2. The summed E-state index contributed by atoms with van der Waals surface area (Å²) in [5, 5.41) is 3.46. The van der Waals surface area contributed by atoms with Crippen LogP contribution in [0.2, 0.25) is 0 Å². The van der Waals surface area contributed by atoms with Crippen LogP contribution in [0.25, 0.3) is 0 Å². The van der Waals surface area contributed by atoms with Gasteiger partial charge >= 0.3 is 0 Å². The van der Waals surface area contributed by atoms with Crippen LogP contribution in [0.3, 0.4) is 0 Å². The molecule has 1 aliphatic heterocycles. The number of carbonyl (C=O) groups excluding carboxylic acids is 1. The number of nitrogens with one attached hydrogen (secondary N) is 1. The molecule has 0 spiro atoms. The fraction of sp³-hybridized carbons (Fsp3) is 0.933. The summed E-state index contributed by atoms with van der Waals surface area (Å²) in [6, 6.07) is 0.0283. The summed E-state index contributed by atoms with van der Waals surface area (Å²) >= 11 is 0. The zero-order valence-electron chi connectivity index (χ0n) is 11.7.